The van der Waals surface area contributed by atoms with E-state index in [1.165, 1.54) is 36.1 Å². The molecule has 0 aromatic heterocycles. The fourth-order valence-corrected chi connectivity index (χ4v) is 6.40. The molecule has 1 saturated carbocycles. The van der Waals surface area contributed by atoms with E-state index in [1.54, 1.807) is 30.0 Å². The number of nitrogens with one attached hydrogen (secondary N) is 1. The molecular weight excluding hydrogens is 521 g/mol. The van der Waals surface area contributed by atoms with Crippen LogP contribution in [-0.4, -0.2) is 42.4 Å². The van der Waals surface area contributed by atoms with Crippen LogP contribution in [-0.2, 0) is 0 Å². The molecule has 1 N–H and O–H groups in total. The van der Waals surface area contributed by atoms with Crippen molar-refractivity contribution in [3.05, 3.63) is 76.8 Å². The van der Waals surface area contributed by atoms with Gasteiger partial charge in [-0.05, 0) is 85.5 Å². The van der Waals surface area contributed by atoms with Gasteiger partial charge >= 0.3 is 6.03 Å². The van der Waals surface area contributed by atoms with Gasteiger partial charge in [-0.15, -0.1) is 11.8 Å². The van der Waals surface area contributed by atoms with Crippen LogP contribution in [0.5, 0.6) is 0 Å². The van der Waals surface area contributed by atoms with Gasteiger partial charge in [0.2, 0.25) is 0 Å². The summed E-state index contributed by atoms with van der Waals surface area (Å²) in [4.78, 5) is 19.5. The zero-order valence-electron chi connectivity index (χ0n) is 21.1. The highest BCUT2D eigenvalue weighted by Gasteiger charge is 2.32. The second kappa shape index (κ2) is 12.1. The monoisotopic (exact) mass is 553 g/mol. The number of nitrogens with zero attached hydrogens (tertiary/aromatic N) is 2. The van der Waals surface area contributed by atoms with Crippen molar-refractivity contribution in [3.8, 4) is 11.1 Å². The highest BCUT2D eigenvalue weighted by atomic mass is 35.5. The average molecular weight is 555 g/mol. The second-order valence-corrected chi connectivity index (χ2v) is 11.6. The number of thioether (sulfide) groups is 1. The molecule has 37 heavy (non-hydrogen) atoms. The third kappa shape index (κ3) is 6.28. The lowest BCUT2D eigenvalue weighted by molar-refractivity contribution is 0.153. The summed E-state index contributed by atoms with van der Waals surface area (Å²) in [7, 11) is 0. The number of hydrogen-bond donors (Lipinski definition) is 1. The van der Waals surface area contributed by atoms with Crippen molar-refractivity contribution >= 4 is 52.4 Å². The molecule has 1 aliphatic heterocycles. The molecule has 0 radical (unpaired) electrons. The summed E-state index contributed by atoms with van der Waals surface area (Å²) < 4.78 is 0. The van der Waals surface area contributed by atoms with Gasteiger partial charge in [-0.25, -0.2) is 4.79 Å². The molecular formula is C30H33Cl2N3OS. The molecule has 3 aromatic carbocycles. The van der Waals surface area contributed by atoms with Gasteiger partial charge in [0.25, 0.3) is 0 Å². The number of likely N-dealkylation sites (tertiary alicyclic amines) is 1. The minimum absolute atomic E-state index is 0.131. The van der Waals surface area contributed by atoms with Crippen molar-refractivity contribution in [2.24, 2.45) is 0 Å². The summed E-state index contributed by atoms with van der Waals surface area (Å²) in [6.45, 7) is 2.07. The van der Waals surface area contributed by atoms with E-state index >= 15 is 0 Å². The summed E-state index contributed by atoms with van der Waals surface area (Å²) in [5, 5.41) is 3.95. The van der Waals surface area contributed by atoms with Crippen LogP contribution in [0.25, 0.3) is 11.1 Å². The smallest absolute Gasteiger partial charge is 0.307 e. The van der Waals surface area contributed by atoms with Crippen LogP contribution in [0, 0.1) is 0 Å². The van der Waals surface area contributed by atoms with Gasteiger partial charge in [-0.3, -0.25) is 4.90 Å². The van der Waals surface area contributed by atoms with Gasteiger partial charge in [0.1, 0.15) is 0 Å². The zero-order valence-corrected chi connectivity index (χ0v) is 23.5. The van der Waals surface area contributed by atoms with Gasteiger partial charge in [0.15, 0.2) is 0 Å². The first kappa shape index (κ1) is 26.4. The van der Waals surface area contributed by atoms with Gasteiger partial charge in [-0.1, -0.05) is 60.3 Å². The maximum absolute atomic E-state index is 13.7. The topological polar surface area (TPSA) is 35.6 Å². The lowest BCUT2D eigenvalue weighted by Gasteiger charge is -2.40. The Morgan fingerprint density at radius 2 is 1.62 bits per heavy atom. The highest BCUT2D eigenvalue weighted by molar-refractivity contribution is 7.98. The lowest BCUT2D eigenvalue weighted by atomic mass is 9.99. The van der Waals surface area contributed by atoms with E-state index in [-0.39, 0.29) is 12.1 Å². The van der Waals surface area contributed by atoms with E-state index in [2.05, 4.69) is 65.0 Å². The minimum atomic E-state index is -0.144. The number of amides is 2. The zero-order chi connectivity index (χ0) is 25.8. The predicted molar refractivity (Wildman–Crippen MR) is 158 cm³/mol. The van der Waals surface area contributed by atoms with Crippen LogP contribution < -0.4 is 10.2 Å². The molecule has 0 bridgehead atoms. The van der Waals surface area contributed by atoms with E-state index in [1.807, 2.05) is 4.90 Å². The fourth-order valence-electron chi connectivity index (χ4n) is 5.65. The highest BCUT2D eigenvalue weighted by Crippen LogP contribution is 2.32. The van der Waals surface area contributed by atoms with Crippen LogP contribution in [0.4, 0.5) is 16.2 Å². The van der Waals surface area contributed by atoms with Crippen molar-refractivity contribution in [2.75, 3.05) is 29.6 Å². The number of carbonyl (C=O) groups is 1. The Labute approximate surface area is 234 Å². The average Bonchev–Trinajstić information content (AvgIpc) is 3.47. The Balaban J connectivity index is 1.38. The standard InChI is InChI=1S/C30H33Cl2N3OS/c1-37-27-8-4-5-22(19-27)21-9-12-25(13-10-21)35(30(36)33-23-11-14-28(31)29(32)20-23)26-15-17-34(18-16-26)24-6-2-3-7-24/h4-5,8-14,19-20,24,26H,2-3,6-7,15-18H2,1H3,(H,33,36). The Kier molecular flexibility index (Phi) is 8.66. The molecule has 2 aliphatic rings. The summed E-state index contributed by atoms with van der Waals surface area (Å²) in [5.74, 6) is 0. The van der Waals surface area contributed by atoms with Crippen molar-refractivity contribution in [2.45, 2.75) is 55.5 Å². The van der Waals surface area contributed by atoms with E-state index in [9.17, 15) is 4.79 Å². The molecule has 3 aromatic rings. The minimum Gasteiger partial charge on any atom is -0.307 e. The van der Waals surface area contributed by atoms with Crippen molar-refractivity contribution in [3.63, 3.8) is 0 Å². The number of anilines is 2. The normalized spacial score (nSPS) is 17.2. The maximum atomic E-state index is 13.7. The van der Waals surface area contributed by atoms with Gasteiger partial charge in [0, 0.05) is 41.4 Å². The van der Waals surface area contributed by atoms with Crippen LogP contribution >= 0.6 is 35.0 Å². The summed E-state index contributed by atoms with van der Waals surface area (Å²) >= 11 is 14.0. The molecule has 0 unspecified atom stereocenters. The number of urea groups is 1. The predicted octanol–water partition coefficient (Wildman–Crippen LogP) is 8.83. The molecule has 4 nitrogen and oxygen atoms in total. The summed E-state index contributed by atoms with van der Waals surface area (Å²) in [6, 6.07) is 22.8. The fraction of sp³-hybridized carbons (Fsp3) is 0.367. The summed E-state index contributed by atoms with van der Waals surface area (Å²) in [6.07, 6.45) is 9.32. The first-order chi connectivity index (χ1) is 18.0. The van der Waals surface area contributed by atoms with Crippen LogP contribution in [0.3, 0.4) is 0 Å². The number of carbonyl (C=O) groups excluding carboxylic acids is 1. The second-order valence-electron chi connectivity index (χ2n) is 9.91. The first-order valence-electron chi connectivity index (χ1n) is 13.1. The molecule has 1 aliphatic carbocycles. The lowest BCUT2D eigenvalue weighted by Crippen LogP contribution is -2.50. The van der Waals surface area contributed by atoms with E-state index in [4.69, 9.17) is 23.2 Å². The number of hydrogen-bond acceptors (Lipinski definition) is 3. The van der Waals surface area contributed by atoms with Gasteiger partial charge in [0.05, 0.1) is 10.0 Å². The molecule has 5 rings (SSSR count). The van der Waals surface area contributed by atoms with E-state index < -0.39 is 0 Å². The Morgan fingerprint density at radius 1 is 0.892 bits per heavy atom. The molecule has 7 heteroatoms. The third-order valence-electron chi connectivity index (χ3n) is 7.64. The van der Waals surface area contributed by atoms with E-state index in [0.717, 1.165) is 43.2 Å². The van der Waals surface area contributed by atoms with Gasteiger partial charge < -0.3 is 10.2 Å². The Morgan fingerprint density at radius 3 is 2.30 bits per heavy atom. The quantitative estimate of drug-likeness (QED) is 0.309. The molecule has 1 heterocycles. The van der Waals surface area contributed by atoms with Crippen molar-refractivity contribution in [1.82, 2.24) is 4.90 Å². The SMILES string of the molecule is CSc1cccc(-c2ccc(N(C(=O)Nc3ccc(Cl)c(Cl)c3)C3CCN(C4CCCC4)CC3)cc2)c1. The van der Waals surface area contributed by atoms with Crippen molar-refractivity contribution < 1.29 is 4.79 Å². The molecule has 0 spiro atoms. The van der Waals surface area contributed by atoms with Crippen LogP contribution in [0.1, 0.15) is 38.5 Å². The van der Waals surface area contributed by atoms with Gasteiger partial charge in [-0.2, -0.15) is 0 Å². The first-order valence-corrected chi connectivity index (χ1v) is 15.0. The molecule has 2 fully saturated rings. The third-order valence-corrected chi connectivity index (χ3v) is 9.11. The largest absolute Gasteiger partial charge is 0.326 e. The van der Waals surface area contributed by atoms with Crippen LogP contribution in [0.15, 0.2) is 71.6 Å². The molecule has 2 amide bonds. The number of halogens is 2. The molecule has 1 saturated heterocycles. The maximum Gasteiger partial charge on any atom is 0.326 e. The summed E-state index contributed by atoms with van der Waals surface area (Å²) in [5.41, 5.74) is 3.86. The molecule has 0 atom stereocenters. The number of rotatable bonds is 6. The number of benzene rings is 3. The van der Waals surface area contributed by atoms with Crippen molar-refractivity contribution in [1.29, 1.82) is 0 Å². The van der Waals surface area contributed by atoms with Crippen LogP contribution in [0.2, 0.25) is 10.0 Å². The Hall–Kier alpha value is -2.18. The Bertz CT molecular complexity index is 1220. The number of piperidine rings is 1. The van der Waals surface area contributed by atoms with E-state index in [0.29, 0.717) is 15.7 Å². The molecule has 194 valence electrons.